The van der Waals surface area contributed by atoms with Gasteiger partial charge in [-0.1, -0.05) is 39.0 Å². The minimum Gasteiger partial charge on any atom is -0.369 e. The Morgan fingerprint density at radius 2 is 1.70 bits per heavy atom. The number of nitrogens with two attached hydrogens (primary N) is 1. The molecule has 0 aromatic rings. The van der Waals surface area contributed by atoms with Gasteiger partial charge in [0.1, 0.15) is 0 Å². The van der Waals surface area contributed by atoms with E-state index in [9.17, 15) is 9.59 Å². The van der Waals surface area contributed by atoms with Gasteiger partial charge in [0.15, 0.2) is 0 Å². The number of rotatable bonds is 4. The minimum absolute atomic E-state index is 0.0326. The monoisotopic (exact) mass is 280 g/mol. The number of primary amides is 1. The molecule has 1 atom stereocenters. The summed E-state index contributed by atoms with van der Waals surface area (Å²) in [6, 6.07) is 0. The van der Waals surface area contributed by atoms with Crippen LogP contribution in [0.1, 0.15) is 58.3 Å². The Labute approximate surface area is 122 Å². The molecule has 1 unspecified atom stereocenters. The van der Waals surface area contributed by atoms with E-state index in [0.717, 1.165) is 18.8 Å². The summed E-state index contributed by atoms with van der Waals surface area (Å²) in [4.78, 5) is 25.4. The summed E-state index contributed by atoms with van der Waals surface area (Å²) in [6.45, 7) is 3.62. The summed E-state index contributed by atoms with van der Waals surface area (Å²) < 4.78 is 0. The van der Waals surface area contributed by atoms with E-state index in [1.807, 2.05) is 4.90 Å². The molecule has 0 radical (unpaired) electrons. The number of hydrogen-bond acceptors (Lipinski definition) is 2. The van der Waals surface area contributed by atoms with Gasteiger partial charge in [-0.05, 0) is 24.7 Å². The quantitative estimate of drug-likeness (QED) is 0.859. The number of amides is 2. The second-order valence-corrected chi connectivity index (χ2v) is 6.64. The predicted octanol–water partition coefficient (Wildman–Crippen LogP) is 2.32. The standard InChI is InChI=1S/C16H28N2O2/c1-12(13-5-3-2-4-6-13)11-15(19)18-9-7-14(8-10-18)16(17)20/h12-14H,2-11H2,1H3,(H2,17,20). The van der Waals surface area contributed by atoms with E-state index in [4.69, 9.17) is 5.73 Å². The van der Waals surface area contributed by atoms with E-state index in [0.29, 0.717) is 25.4 Å². The molecular formula is C16H28N2O2. The number of hydrogen-bond donors (Lipinski definition) is 1. The van der Waals surface area contributed by atoms with Gasteiger partial charge in [-0.15, -0.1) is 0 Å². The number of carbonyl (C=O) groups is 2. The first-order chi connectivity index (χ1) is 9.58. The molecule has 20 heavy (non-hydrogen) atoms. The van der Waals surface area contributed by atoms with Crippen LogP contribution in [0.2, 0.25) is 0 Å². The fourth-order valence-corrected chi connectivity index (χ4v) is 3.69. The molecule has 2 amide bonds. The van der Waals surface area contributed by atoms with Crippen molar-refractivity contribution in [2.45, 2.75) is 58.3 Å². The van der Waals surface area contributed by atoms with Crippen LogP contribution in [0.25, 0.3) is 0 Å². The van der Waals surface area contributed by atoms with Crippen LogP contribution >= 0.6 is 0 Å². The van der Waals surface area contributed by atoms with Crippen molar-refractivity contribution in [1.82, 2.24) is 4.90 Å². The number of carbonyl (C=O) groups excluding carboxylic acids is 2. The van der Waals surface area contributed by atoms with Crippen molar-refractivity contribution in [3.63, 3.8) is 0 Å². The Kier molecular flexibility index (Phi) is 5.44. The summed E-state index contributed by atoms with van der Waals surface area (Å²) in [5, 5.41) is 0. The van der Waals surface area contributed by atoms with Gasteiger partial charge in [0.25, 0.3) is 0 Å². The lowest BCUT2D eigenvalue weighted by atomic mass is 9.79. The molecule has 4 heteroatoms. The number of piperidine rings is 1. The maximum atomic E-state index is 12.3. The lowest BCUT2D eigenvalue weighted by Crippen LogP contribution is -2.42. The van der Waals surface area contributed by atoms with Crippen molar-refractivity contribution in [1.29, 1.82) is 0 Å². The van der Waals surface area contributed by atoms with E-state index in [-0.39, 0.29) is 17.7 Å². The van der Waals surface area contributed by atoms with E-state index in [1.165, 1.54) is 32.1 Å². The topological polar surface area (TPSA) is 63.4 Å². The smallest absolute Gasteiger partial charge is 0.222 e. The van der Waals surface area contributed by atoms with Gasteiger partial charge >= 0.3 is 0 Å². The largest absolute Gasteiger partial charge is 0.369 e. The van der Waals surface area contributed by atoms with Crippen LogP contribution in [-0.2, 0) is 9.59 Å². The van der Waals surface area contributed by atoms with Crippen LogP contribution in [-0.4, -0.2) is 29.8 Å². The zero-order valence-electron chi connectivity index (χ0n) is 12.6. The van der Waals surface area contributed by atoms with Crippen LogP contribution in [0.15, 0.2) is 0 Å². The Morgan fingerprint density at radius 3 is 2.25 bits per heavy atom. The average Bonchev–Trinajstić information content (AvgIpc) is 2.48. The van der Waals surface area contributed by atoms with Gasteiger partial charge < -0.3 is 10.6 Å². The Hall–Kier alpha value is -1.06. The molecule has 2 fully saturated rings. The molecule has 114 valence electrons. The van der Waals surface area contributed by atoms with Crippen molar-refractivity contribution in [3.8, 4) is 0 Å². The molecule has 1 aliphatic heterocycles. The summed E-state index contributed by atoms with van der Waals surface area (Å²) in [7, 11) is 0. The van der Waals surface area contributed by atoms with E-state index in [2.05, 4.69) is 6.92 Å². The summed E-state index contributed by atoms with van der Waals surface area (Å²) in [5.41, 5.74) is 5.32. The van der Waals surface area contributed by atoms with E-state index in [1.54, 1.807) is 0 Å². The van der Waals surface area contributed by atoms with Crippen molar-refractivity contribution < 1.29 is 9.59 Å². The average molecular weight is 280 g/mol. The second kappa shape index (κ2) is 7.09. The minimum atomic E-state index is -0.215. The molecule has 1 heterocycles. The van der Waals surface area contributed by atoms with Crippen LogP contribution in [0.3, 0.4) is 0 Å². The number of nitrogens with zero attached hydrogens (tertiary/aromatic N) is 1. The maximum Gasteiger partial charge on any atom is 0.222 e. The highest BCUT2D eigenvalue weighted by Gasteiger charge is 2.28. The first-order valence-electron chi connectivity index (χ1n) is 8.15. The third kappa shape index (κ3) is 3.97. The molecule has 2 aliphatic rings. The van der Waals surface area contributed by atoms with Gasteiger partial charge in [-0.3, -0.25) is 9.59 Å². The molecule has 1 aliphatic carbocycles. The maximum absolute atomic E-state index is 12.3. The molecule has 4 nitrogen and oxygen atoms in total. The highest BCUT2D eigenvalue weighted by atomic mass is 16.2. The van der Waals surface area contributed by atoms with Crippen LogP contribution in [0, 0.1) is 17.8 Å². The first kappa shape index (κ1) is 15.3. The molecule has 1 saturated heterocycles. The van der Waals surface area contributed by atoms with Crippen molar-refractivity contribution in [3.05, 3.63) is 0 Å². The van der Waals surface area contributed by atoms with Crippen molar-refractivity contribution in [2.75, 3.05) is 13.1 Å². The first-order valence-corrected chi connectivity index (χ1v) is 8.15. The molecule has 0 aromatic heterocycles. The summed E-state index contributed by atoms with van der Waals surface area (Å²) >= 11 is 0. The third-order valence-electron chi connectivity index (χ3n) is 5.20. The Balaban J connectivity index is 1.76. The van der Waals surface area contributed by atoms with Crippen molar-refractivity contribution in [2.24, 2.45) is 23.5 Å². The van der Waals surface area contributed by atoms with E-state index >= 15 is 0 Å². The lowest BCUT2D eigenvalue weighted by molar-refractivity contribution is -0.136. The van der Waals surface area contributed by atoms with Crippen molar-refractivity contribution >= 4 is 11.8 Å². The molecule has 0 aromatic carbocycles. The fraction of sp³-hybridized carbons (Fsp3) is 0.875. The lowest BCUT2D eigenvalue weighted by Gasteiger charge is -2.33. The van der Waals surface area contributed by atoms with Gasteiger partial charge in [-0.25, -0.2) is 0 Å². The predicted molar refractivity (Wildman–Crippen MR) is 78.9 cm³/mol. The van der Waals surface area contributed by atoms with Crippen LogP contribution in [0.5, 0.6) is 0 Å². The normalized spacial score (nSPS) is 23.6. The molecule has 0 bridgehead atoms. The SMILES string of the molecule is CC(CC(=O)N1CCC(C(N)=O)CC1)C1CCCCC1. The highest BCUT2D eigenvalue weighted by molar-refractivity contribution is 5.79. The van der Waals surface area contributed by atoms with E-state index < -0.39 is 0 Å². The second-order valence-electron chi connectivity index (χ2n) is 6.64. The Bertz CT molecular complexity index is 342. The fourth-order valence-electron chi connectivity index (χ4n) is 3.69. The molecule has 2 rings (SSSR count). The van der Waals surface area contributed by atoms with Gasteiger partial charge in [-0.2, -0.15) is 0 Å². The van der Waals surface area contributed by atoms with Crippen LogP contribution in [0.4, 0.5) is 0 Å². The van der Waals surface area contributed by atoms with Gasteiger partial charge in [0.2, 0.25) is 11.8 Å². The molecule has 0 spiro atoms. The summed E-state index contributed by atoms with van der Waals surface area (Å²) in [6.07, 6.45) is 8.73. The molecular weight excluding hydrogens is 252 g/mol. The molecule has 2 N–H and O–H groups in total. The molecule has 1 saturated carbocycles. The summed E-state index contributed by atoms with van der Waals surface area (Å²) in [5.74, 6) is 1.25. The van der Waals surface area contributed by atoms with Gasteiger partial charge in [0.05, 0.1) is 0 Å². The van der Waals surface area contributed by atoms with Crippen LogP contribution < -0.4 is 5.73 Å². The highest BCUT2D eigenvalue weighted by Crippen LogP contribution is 2.32. The van der Waals surface area contributed by atoms with Gasteiger partial charge in [0, 0.05) is 25.4 Å². The zero-order chi connectivity index (χ0) is 14.5. The third-order valence-corrected chi connectivity index (χ3v) is 5.20. The number of likely N-dealkylation sites (tertiary alicyclic amines) is 1. The zero-order valence-corrected chi connectivity index (χ0v) is 12.6. The Morgan fingerprint density at radius 1 is 1.10 bits per heavy atom.